The lowest BCUT2D eigenvalue weighted by molar-refractivity contribution is 0.202. The molecule has 0 radical (unpaired) electrons. The topological polar surface area (TPSA) is 57.6 Å². The van der Waals surface area contributed by atoms with Crippen molar-refractivity contribution >= 4 is 5.82 Å². The van der Waals surface area contributed by atoms with Crippen LogP contribution in [0, 0.1) is 0 Å². The largest absolute Gasteiger partial charge is 0.395 e. The molecule has 0 bridgehead atoms. The van der Waals surface area contributed by atoms with E-state index in [-0.39, 0.29) is 6.61 Å². The smallest absolute Gasteiger partial charge is 0.128 e. The highest BCUT2D eigenvalue weighted by Crippen LogP contribution is 2.18. The monoisotopic (exact) mass is 281 g/mol. The van der Waals surface area contributed by atoms with Crippen LogP contribution in [0.5, 0.6) is 0 Å². The zero-order valence-corrected chi connectivity index (χ0v) is 12.8. The average molecular weight is 281 g/mol. The maximum Gasteiger partial charge on any atom is 0.128 e. The van der Waals surface area contributed by atoms with Gasteiger partial charge in [0.25, 0.3) is 0 Å². The lowest BCUT2D eigenvalue weighted by Gasteiger charge is -2.23. The molecule has 0 aliphatic carbocycles. The number of ether oxygens (including phenoxy) is 1. The predicted octanol–water partition coefficient (Wildman–Crippen LogP) is 1.59. The third-order valence-electron chi connectivity index (χ3n) is 3.23. The number of hydrogen-bond donors (Lipinski definition) is 2. The molecule has 1 heterocycles. The van der Waals surface area contributed by atoms with E-state index >= 15 is 0 Å². The number of aromatic nitrogens is 1. The Kier molecular flexibility index (Phi) is 8.18. The number of nitrogens with zero attached hydrogens (tertiary/aromatic N) is 2. The standard InChI is InChI=1S/C15H27N3O2/c1-4-6-16-13(2)14-5-7-17-15(12-14)18(8-10-19)9-11-20-3/h5,7,12-13,16,19H,4,6,8-11H2,1-3H3. The molecule has 0 amide bonds. The molecule has 20 heavy (non-hydrogen) atoms. The van der Waals surface area contributed by atoms with E-state index in [4.69, 9.17) is 9.84 Å². The number of nitrogens with one attached hydrogen (secondary N) is 1. The van der Waals surface area contributed by atoms with Gasteiger partial charge in [0.15, 0.2) is 0 Å². The third kappa shape index (κ3) is 5.45. The van der Waals surface area contributed by atoms with Crippen LogP contribution >= 0.6 is 0 Å². The van der Waals surface area contributed by atoms with Gasteiger partial charge < -0.3 is 20.1 Å². The van der Waals surface area contributed by atoms with Crippen molar-refractivity contribution in [1.82, 2.24) is 10.3 Å². The molecule has 1 atom stereocenters. The number of pyridine rings is 1. The van der Waals surface area contributed by atoms with Gasteiger partial charge in [-0.25, -0.2) is 4.98 Å². The van der Waals surface area contributed by atoms with Crippen molar-refractivity contribution in [3.05, 3.63) is 23.9 Å². The quantitative estimate of drug-likeness (QED) is 0.682. The third-order valence-corrected chi connectivity index (χ3v) is 3.23. The minimum absolute atomic E-state index is 0.110. The Balaban J connectivity index is 2.77. The van der Waals surface area contributed by atoms with E-state index in [1.165, 1.54) is 5.56 Å². The van der Waals surface area contributed by atoms with E-state index in [1.807, 2.05) is 17.2 Å². The summed E-state index contributed by atoms with van der Waals surface area (Å²) in [5.74, 6) is 0.888. The van der Waals surface area contributed by atoms with Crippen molar-refractivity contribution in [2.45, 2.75) is 26.3 Å². The molecular formula is C15H27N3O2. The van der Waals surface area contributed by atoms with E-state index in [0.29, 0.717) is 19.2 Å². The highest BCUT2D eigenvalue weighted by Gasteiger charge is 2.10. The van der Waals surface area contributed by atoms with Crippen LogP contribution in [-0.2, 0) is 4.74 Å². The first-order valence-electron chi connectivity index (χ1n) is 7.27. The number of aliphatic hydroxyl groups is 1. The number of aliphatic hydroxyl groups excluding tert-OH is 1. The minimum Gasteiger partial charge on any atom is -0.395 e. The number of hydrogen-bond acceptors (Lipinski definition) is 5. The summed E-state index contributed by atoms with van der Waals surface area (Å²) in [6.45, 7) is 7.34. The molecule has 0 aromatic carbocycles. The molecule has 1 aromatic heterocycles. The molecule has 0 saturated carbocycles. The fourth-order valence-electron chi connectivity index (χ4n) is 2.02. The first kappa shape index (κ1) is 16.9. The molecule has 1 unspecified atom stereocenters. The molecule has 1 aromatic rings. The van der Waals surface area contributed by atoms with Crippen molar-refractivity contribution in [1.29, 1.82) is 0 Å². The summed E-state index contributed by atoms with van der Waals surface area (Å²) in [4.78, 5) is 6.45. The first-order valence-corrected chi connectivity index (χ1v) is 7.27. The summed E-state index contributed by atoms with van der Waals surface area (Å²) in [5.41, 5.74) is 1.21. The Hall–Kier alpha value is -1.17. The normalized spacial score (nSPS) is 12.4. The van der Waals surface area contributed by atoms with Crippen molar-refractivity contribution in [2.75, 3.05) is 44.9 Å². The van der Waals surface area contributed by atoms with Crippen molar-refractivity contribution < 1.29 is 9.84 Å². The van der Waals surface area contributed by atoms with Crippen LogP contribution in [0.25, 0.3) is 0 Å². The Morgan fingerprint density at radius 1 is 1.45 bits per heavy atom. The zero-order valence-electron chi connectivity index (χ0n) is 12.8. The Morgan fingerprint density at radius 2 is 2.25 bits per heavy atom. The van der Waals surface area contributed by atoms with Crippen LogP contribution in [0.2, 0.25) is 0 Å². The van der Waals surface area contributed by atoms with Crippen molar-refractivity contribution in [3.8, 4) is 0 Å². The van der Waals surface area contributed by atoms with Crippen molar-refractivity contribution in [3.63, 3.8) is 0 Å². The van der Waals surface area contributed by atoms with E-state index in [2.05, 4.69) is 30.2 Å². The lowest BCUT2D eigenvalue weighted by atomic mass is 10.1. The van der Waals surface area contributed by atoms with Gasteiger partial charge in [-0.1, -0.05) is 6.92 Å². The molecule has 2 N–H and O–H groups in total. The summed E-state index contributed by atoms with van der Waals surface area (Å²) >= 11 is 0. The summed E-state index contributed by atoms with van der Waals surface area (Å²) in [6, 6.07) is 4.42. The Labute approximate surface area is 122 Å². The molecule has 0 spiro atoms. The van der Waals surface area contributed by atoms with Gasteiger partial charge in [-0.2, -0.15) is 0 Å². The number of rotatable bonds is 10. The minimum atomic E-state index is 0.110. The van der Waals surface area contributed by atoms with E-state index < -0.39 is 0 Å². The van der Waals surface area contributed by atoms with Gasteiger partial charge >= 0.3 is 0 Å². The summed E-state index contributed by atoms with van der Waals surface area (Å²) in [6.07, 6.45) is 2.94. The van der Waals surface area contributed by atoms with Gasteiger partial charge in [-0.3, -0.25) is 0 Å². The van der Waals surface area contributed by atoms with Crippen LogP contribution in [0.3, 0.4) is 0 Å². The summed E-state index contributed by atoms with van der Waals surface area (Å²) in [7, 11) is 1.68. The van der Waals surface area contributed by atoms with E-state index in [0.717, 1.165) is 25.3 Å². The molecule has 0 saturated heterocycles. The molecule has 5 nitrogen and oxygen atoms in total. The second kappa shape index (κ2) is 9.69. The van der Waals surface area contributed by atoms with Gasteiger partial charge in [-0.15, -0.1) is 0 Å². The van der Waals surface area contributed by atoms with Gasteiger partial charge in [0.1, 0.15) is 5.82 Å². The van der Waals surface area contributed by atoms with Crippen molar-refractivity contribution in [2.24, 2.45) is 0 Å². The molecule has 114 valence electrons. The first-order chi connectivity index (χ1) is 9.72. The van der Waals surface area contributed by atoms with Gasteiger partial charge in [-0.05, 0) is 37.6 Å². The molecule has 0 aliphatic heterocycles. The predicted molar refractivity (Wildman–Crippen MR) is 82.1 cm³/mol. The average Bonchev–Trinajstić information content (AvgIpc) is 2.49. The van der Waals surface area contributed by atoms with Gasteiger partial charge in [0.2, 0.25) is 0 Å². The number of methoxy groups -OCH3 is 1. The lowest BCUT2D eigenvalue weighted by Crippen LogP contribution is -2.31. The highest BCUT2D eigenvalue weighted by atomic mass is 16.5. The Morgan fingerprint density at radius 3 is 2.90 bits per heavy atom. The van der Waals surface area contributed by atoms with Crippen LogP contribution in [-0.4, -0.2) is 50.0 Å². The summed E-state index contributed by atoms with van der Waals surface area (Å²) < 4.78 is 5.11. The molecule has 0 aliphatic rings. The highest BCUT2D eigenvalue weighted by molar-refractivity contribution is 5.41. The molecule has 5 heteroatoms. The zero-order chi connectivity index (χ0) is 14.8. The van der Waals surface area contributed by atoms with Gasteiger partial charge in [0.05, 0.1) is 13.2 Å². The molecule has 0 fully saturated rings. The number of anilines is 1. The summed E-state index contributed by atoms with van der Waals surface area (Å²) in [5, 5.41) is 12.6. The SMILES string of the molecule is CCCNC(C)c1ccnc(N(CCO)CCOC)c1. The molecule has 1 rings (SSSR count). The van der Waals surface area contributed by atoms with Crippen LogP contribution in [0.15, 0.2) is 18.3 Å². The second-order valence-corrected chi connectivity index (χ2v) is 4.83. The maximum atomic E-state index is 9.17. The fourth-order valence-corrected chi connectivity index (χ4v) is 2.02. The Bertz CT molecular complexity index is 374. The maximum absolute atomic E-state index is 9.17. The van der Waals surface area contributed by atoms with Crippen LogP contribution < -0.4 is 10.2 Å². The second-order valence-electron chi connectivity index (χ2n) is 4.83. The van der Waals surface area contributed by atoms with Crippen LogP contribution in [0.1, 0.15) is 31.9 Å². The molecular weight excluding hydrogens is 254 g/mol. The van der Waals surface area contributed by atoms with E-state index in [9.17, 15) is 0 Å². The van der Waals surface area contributed by atoms with Gasteiger partial charge in [0, 0.05) is 32.4 Å². The van der Waals surface area contributed by atoms with E-state index in [1.54, 1.807) is 7.11 Å². The van der Waals surface area contributed by atoms with Crippen LogP contribution in [0.4, 0.5) is 5.82 Å². The fraction of sp³-hybridized carbons (Fsp3) is 0.667.